The van der Waals surface area contributed by atoms with Gasteiger partial charge in [0.1, 0.15) is 5.71 Å². The van der Waals surface area contributed by atoms with Crippen LogP contribution in [-0.4, -0.2) is 47.7 Å². The van der Waals surface area contributed by atoms with E-state index in [4.69, 9.17) is 4.74 Å². The Morgan fingerprint density at radius 3 is 2.90 bits per heavy atom. The van der Waals surface area contributed by atoms with Crippen molar-refractivity contribution < 1.29 is 14.3 Å². The zero-order valence-electron chi connectivity index (χ0n) is 11.9. The van der Waals surface area contributed by atoms with Gasteiger partial charge in [0.15, 0.2) is 0 Å². The van der Waals surface area contributed by atoms with Gasteiger partial charge in [-0.25, -0.2) is 5.43 Å². The Morgan fingerprint density at radius 1 is 1.43 bits per heavy atom. The smallest absolute Gasteiger partial charge is 0.270 e. The van der Waals surface area contributed by atoms with Gasteiger partial charge in [-0.05, 0) is 12.1 Å². The minimum absolute atomic E-state index is 0.167. The van der Waals surface area contributed by atoms with Gasteiger partial charge in [-0.1, -0.05) is 6.07 Å². The first-order valence-corrected chi connectivity index (χ1v) is 6.74. The van der Waals surface area contributed by atoms with Gasteiger partial charge >= 0.3 is 0 Å². The van der Waals surface area contributed by atoms with Crippen LogP contribution in [0.5, 0.6) is 0 Å². The number of hydrogen-bond acceptors (Lipinski definition) is 5. The molecule has 0 aromatic carbocycles. The predicted molar refractivity (Wildman–Crippen MR) is 76.3 cm³/mol. The second kappa shape index (κ2) is 7.49. The molecule has 0 unspecified atom stereocenters. The van der Waals surface area contributed by atoms with Gasteiger partial charge in [-0.3, -0.25) is 14.6 Å². The summed E-state index contributed by atoms with van der Waals surface area (Å²) >= 11 is 0. The van der Waals surface area contributed by atoms with E-state index in [0.29, 0.717) is 31.8 Å². The molecule has 0 bridgehead atoms. The third-order valence-electron chi connectivity index (χ3n) is 3.08. The molecule has 2 heterocycles. The maximum atomic E-state index is 12.5. The largest absolute Gasteiger partial charge is 0.383 e. The summed E-state index contributed by atoms with van der Waals surface area (Å²) in [5.74, 6) is -0.363. The fourth-order valence-electron chi connectivity index (χ4n) is 1.95. The number of ether oxygens (including phenoxy) is 1. The highest BCUT2D eigenvalue weighted by atomic mass is 16.5. The number of methoxy groups -OCH3 is 1. The predicted octanol–water partition coefficient (Wildman–Crippen LogP) is 0.323. The van der Waals surface area contributed by atoms with Gasteiger partial charge in [0.05, 0.1) is 18.8 Å². The van der Waals surface area contributed by atoms with E-state index in [1.807, 2.05) is 18.2 Å². The number of rotatable bonds is 6. The fourth-order valence-corrected chi connectivity index (χ4v) is 1.95. The number of amides is 2. The Balaban J connectivity index is 2.07. The van der Waals surface area contributed by atoms with Crippen molar-refractivity contribution in [3.05, 3.63) is 30.1 Å². The molecule has 2 rings (SSSR count). The molecule has 1 N–H and O–H groups in total. The van der Waals surface area contributed by atoms with Gasteiger partial charge in [0.25, 0.3) is 5.91 Å². The summed E-state index contributed by atoms with van der Waals surface area (Å²) in [6, 6.07) is 5.56. The highest BCUT2D eigenvalue weighted by Crippen LogP contribution is 2.07. The molecular weight excluding hydrogens is 272 g/mol. The Labute approximate surface area is 123 Å². The molecule has 112 valence electrons. The quantitative estimate of drug-likeness (QED) is 0.818. The normalized spacial score (nSPS) is 14.3. The molecule has 0 atom stereocenters. The van der Waals surface area contributed by atoms with Crippen molar-refractivity contribution >= 4 is 17.5 Å². The molecule has 1 aromatic rings. The molecule has 7 nitrogen and oxygen atoms in total. The SMILES string of the molecule is COCCN(Cc1ccccn1)C(=O)C1=NNC(=O)CC1. The summed E-state index contributed by atoms with van der Waals surface area (Å²) < 4.78 is 5.04. The fraction of sp³-hybridized carbons (Fsp3) is 0.429. The van der Waals surface area contributed by atoms with Crippen LogP contribution < -0.4 is 5.43 Å². The van der Waals surface area contributed by atoms with Crippen molar-refractivity contribution in [2.45, 2.75) is 19.4 Å². The molecule has 0 aliphatic carbocycles. The molecule has 1 aliphatic heterocycles. The second-order valence-electron chi connectivity index (χ2n) is 4.63. The number of pyridine rings is 1. The summed E-state index contributed by atoms with van der Waals surface area (Å²) in [4.78, 5) is 29.4. The third kappa shape index (κ3) is 4.35. The Hall–Kier alpha value is -2.28. The molecule has 21 heavy (non-hydrogen) atoms. The first-order valence-electron chi connectivity index (χ1n) is 6.74. The zero-order valence-corrected chi connectivity index (χ0v) is 11.9. The van der Waals surface area contributed by atoms with Gasteiger partial charge in [0, 0.05) is 32.7 Å². The van der Waals surface area contributed by atoms with E-state index < -0.39 is 0 Å². The second-order valence-corrected chi connectivity index (χ2v) is 4.63. The van der Waals surface area contributed by atoms with E-state index in [1.165, 1.54) is 0 Å². The van der Waals surface area contributed by atoms with Gasteiger partial charge in [-0.2, -0.15) is 5.10 Å². The molecule has 1 aliphatic rings. The third-order valence-corrected chi connectivity index (χ3v) is 3.08. The maximum Gasteiger partial charge on any atom is 0.270 e. The molecule has 0 fully saturated rings. The van der Waals surface area contributed by atoms with E-state index in [1.54, 1.807) is 18.2 Å². The molecule has 0 saturated heterocycles. The van der Waals surface area contributed by atoms with Crippen molar-refractivity contribution in [3.63, 3.8) is 0 Å². The van der Waals surface area contributed by atoms with E-state index in [0.717, 1.165) is 5.69 Å². The molecule has 0 radical (unpaired) electrons. The Morgan fingerprint density at radius 2 is 2.29 bits per heavy atom. The lowest BCUT2D eigenvalue weighted by Gasteiger charge is -2.23. The lowest BCUT2D eigenvalue weighted by molar-refractivity contribution is -0.125. The molecule has 1 aromatic heterocycles. The summed E-state index contributed by atoms with van der Waals surface area (Å²) in [5.41, 5.74) is 3.50. The summed E-state index contributed by atoms with van der Waals surface area (Å²) in [7, 11) is 1.59. The van der Waals surface area contributed by atoms with Crippen LogP contribution >= 0.6 is 0 Å². The van der Waals surface area contributed by atoms with Crippen LogP contribution in [0.25, 0.3) is 0 Å². The lowest BCUT2D eigenvalue weighted by atomic mass is 10.1. The number of nitrogens with one attached hydrogen (secondary N) is 1. The van der Waals surface area contributed by atoms with Crippen LogP contribution in [0.2, 0.25) is 0 Å². The molecule has 0 spiro atoms. The van der Waals surface area contributed by atoms with Crippen LogP contribution in [0.1, 0.15) is 18.5 Å². The zero-order chi connectivity index (χ0) is 15.1. The highest BCUT2D eigenvalue weighted by Gasteiger charge is 2.23. The summed E-state index contributed by atoms with van der Waals surface area (Å²) in [6.45, 7) is 1.26. The monoisotopic (exact) mass is 290 g/mol. The minimum Gasteiger partial charge on any atom is -0.383 e. The van der Waals surface area contributed by atoms with Gasteiger partial charge < -0.3 is 9.64 Å². The average molecular weight is 290 g/mol. The highest BCUT2D eigenvalue weighted by molar-refractivity contribution is 6.39. The van der Waals surface area contributed by atoms with E-state index in [2.05, 4.69) is 15.5 Å². The summed E-state index contributed by atoms with van der Waals surface area (Å²) in [6.07, 6.45) is 2.33. The van der Waals surface area contributed by atoms with Crippen LogP contribution in [0.4, 0.5) is 0 Å². The topological polar surface area (TPSA) is 83.9 Å². The van der Waals surface area contributed by atoms with Crippen molar-refractivity contribution in [1.29, 1.82) is 0 Å². The average Bonchev–Trinajstić information content (AvgIpc) is 2.52. The van der Waals surface area contributed by atoms with E-state index >= 15 is 0 Å². The maximum absolute atomic E-state index is 12.5. The number of nitrogens with zero attached hydrogens (tertiary/aromatic N) is 3. The van der Waals surface area contributed by atoms with Crippen molar-refractivity contribution in [3.8, 4) is 0 Å². The number of carbonyl (C=O) groups excluding carboxylic acids is 2. The van der Waals surface area contributed by atoms with Crippen LogP contribution in [0, 0.1) is 0 Å². The van der Waals surface area contributed by atoms with Gasteiger partial charge in [0.2, 0.25) is 5.91 Å². The number of hydrogen-bond donors (Lipinski definition) is 1. The molecule has 0 saturated carbocycles. The Kier molecular flexibility index (Phi) is 5.39. The Bertz CT molecular complexity index is 530. The van der Waals surface area contributed by atoms with Crippen LogP contribution in [0.15, 0.2) is 29.5 Å². The number of aromatic nitrogens is 1. The van der Waals surface area contributed by atoms with E-state index in [-0.39, 0.29) is 18.2 Å². The lowest BCUT2D eigenvalue weighted by Crippen LogP contribution is -2.41. The molecule has 7 heteroatoms. The number of hydrazone groups is 1. The van der Waals surface area contributed by atoms with Crippen molar-refractivity contribution in [1.82, 2.24) is 15.3 Å². The molecule has 2 amide bonds. The first kappa shape index (κ1) is 15.1. The van der Waals surface area contributed by atoms with Crippen LogP contribution in [0.3, 0.4) is 0 Å². The van der Waals surface area contributed by atoms with E-state index in [9.17, 15) is 9.59 Å². The van der Waals surface area contributed by atoms with Crippen molar-refractivity contribution in [2.75, 3.05) is 20.3 Å². The number of carbonyl (C=O) groups is 2. The minimum atomic E-state index is -0.197. The molecular formula is C14H18N4O3. The van der Waals surface area contributed by atoms with Crippen LogP contribution in [-0.2, 0) is 20.9 Å². The van der Waals surface area contributed by atoms with Crippen molar-refractivity contribution in [2.24, 2.45) is 5.10 Å². The first-order chi connectivity index (χ1) is 10.2. The van der Waals surface area contributed by atoms with Gasteiger partial charge in [-0.15, -0.1) is 0 Å². The standard InChI is InChI=1S/C14H18N4O3/c1-21-9-8-18(10-11-4-2-3-7-15-11)14(20)12-5-6-13(19)17-16-12/h2-4,7H,5-6,8-10H2,1H3,(H,17,19). The summed E-state index contributed by atoms with van der Waals surface area (Å²) in [5, 5.41) is 3.85.